The zero-order valence-corrected chi connectivity index (χ0v) is 11.2. The highest BCUT2D eigenvalue weighted by Gasteiger charge is 2.63. The van der Waals surface area contributed by atoms with Crippen LogP contribution >= 0.6 is 0 Å². The Kier molecular flexibility index (Phi) is 2.56. The Hall–Kier alpha value is -0.120. The number of hydrogen-bond donors (Lipinski definition) is 0. The summed E-state index contributed by atoms with van der Waals surface area (Å²) in [7, 11) is 0. The molecule has 0 unspecified atom stereocenters. The fourth-order valence-electron chi connectivity index (χ4n) is 4.97. The normalized spacial score (nSPS) is 52.0. The summed E-state index contributed by atoms with van der Waals surface area (Å²) in [5.74, 6) is 0. The molecule has 3 heteroatoms. The summed E-state index contributed by atoms with van der Waals surface area (Å²) in [6.07, 6.45) is 10.6. The van der Waals surface area contributed by atoms with E-state index in [0.717, 1.165) is 32.7 Å². The summed E-state index contributed by atoms with van der Waals surface area (Å²) in [5.41, 5.74) is 0.133. The molecule has 3 spiro atoms. The van der Waals surface area contributed by atoms with Crippen molar-refractivity contribution in [3.63, 3.8) is 0 Å². The third kappa shape index (κ3) is 1.47. The maximum Gasteiger partial charge on any atom is 0.0999 e. The molecule has 3 atom stereocenters. The van der Waals surface area contributed by atoms with Gasteiger partial charge in [0.1, 0.15) is 0 Å². The van der Waals surface area contributed by atoms with Crippen molar-refractivity contribution in [2.45, 2.75) is 74.6 Å². The zero-order chi connectivity index (χ0) is 12.1. The highest BCUT2D eigenvalue weighted by atomic mass is 16.6. The minimum Gasteiger partial charge on any atom is -0.375 e. The fraction of sp³-hybridized carbons (Fsp3) is 1.00. The van der Waals surface area contributed by atoms with Crippen LogP contribution in [0.5, 0.6) is 0 Å². The Bertz CT molecular complexity index is 321. The van der Waals surface area contributed by atoms with Gasteiger partial charge in [0.2, 0.25) is 0 Å². The van der Waals surface area contributed by atoms with Crippen LogP contribution in [0.2, 0.25) is 0 Å². The lowest BCUT2D eigenvalue weighted by Gasteiger charge is -2.53. The molecular weight excluding hydrogens is 228 g/mol. The summed E-state index contributed by atoms with van der Waals surface area (Å²) in [6, 6.07) is 0. The van der Waals surface area contributed by atoms with E-state index in [2.05, 4.69) is 0 Å². The molecule has 0 aromatic rings. The third-order valence-electron chi connectivity index (χ3n) is 5.81. The van der Waals surface area contributed by atoms with Crippen molar-refractivity contribution in [2.24, 2.45) is 0 Å². The van der Waals surface area contributed by atoms with Gasteiger partial charge in [-0.25, -0.2) is 0 Å². The van der Waals surface area contributed by atoms with E-state index in [1.54, 1.807) is 0 Å². The molecule has 3 heterocycles. The van der Waals surface area contributed by atoms with E-state index in [1.165, 1.54) is 44.9 Å². The molecular formula is C15H24O3. The summed E-state index contributed by atoms with van der Waals surface area (Å²) >= 11 is 0. The summed E-state index contributed by atoms with van der Waals surface area (Å²) in [6.45, 7) is 2.80. The van der Waals surface area contributed by atoms with E-state index in [9.17, 15) is 0 Å². The first kappa shape index (κ1) is 11.7. The van der Waals surface area contributed by atoms with Gasteiger partial charge >= 0.3 is 0 Å². The van der Waals surface area contributed by atoms with Crippen LogP contribution in [0.25, 0.3) is 0 Å². The summed E-state index contributed by atoms with van der Waals surface area (Å²) in [5, 5.41) is 0. The van der Waals surface area contributed by atoms with Crippen molar-refractivity contribution in [3.05, 3.63) is 0 Å². The molecule has 0 bridgehead atoms. The van der Waals surface area contributed by atoms with E-state index in [0.29, 0.717) is 0 Å². The van der Waals surface area contributed by atoms with Crippen LogP contribution in [0.3, 0.4) is 0 Å². The molecule has 0 aromatic heterocycles. The monoisotopic (exact) mass is 252 g/mol. The molecule has 102 valence electrons. The quantitative estimate of drug-likeness (QED) is 0.663. The molecule has 0 N–H and O–H groups in total. The van der Waals surface area contributed by atoms with E-state index < -0.39 is 0 Å². The van der Waals surface area contributed by atoms with Crippen LogP contribution < -0.4 is 0 Å². The number of rotatable bonds is 0. The maximum atomic E-state index is 6.30. The van der Waals surface area contributed by atoms with Gasteiger partial charge in [-0.1, -0.05) is 0 Å². The van der Waals surface area contributed by atoms with Gasteiger partial charge in [-0.05, 0) is 51.4 Å². The Morgan fingerprint density at radius 2 is 1.22 bits per heavy atom. The van der Waals surface area contributed by atoms with Crippen LogP contribution in [0, 0.1) is 0 Å². The standard InChI is InChI=1S/C15H24O3/c1-4-13(16-9-1)7-8-14(5-2-10-17-14)15(12-13)6-3-11-18-15/h1-12H2/t13-,14-,15-/m1/s1. The minimum absolute atomic E-state index is 0.0217. The second kappa shape index (κ2) is 3.94. The molecule has 0 radical (unpaired) electrons. The highest BCUT2D eigenvalue weighted by Crippen LogP contribution is 2.57. The molecule has 0 aromatic carbocycles. The third-order valence-corrected chi connectivity index (χ3v) is 5.81. The van der Waals surface area contributed by atoms with Crippen LogP contribution in [-0.4, -0.2) is 36.6 Å². The van der Waals surface area contributed by atoms with Crippen molar-refractivity contribution >= 4 is 0 Å². The van der Waals surface area contributed by atoms with Crippen LogP contribution in [0.4, 0.5) is 0 Å². The van der Waals surface area contributed by atoms with Crippen molar-refractivity contribution in [3.8, 4) is 0 Å². The Morgan fingerprint density at radius 3 is 1.83 bits per heavy atom. The average Bonchev–Trinajstić information content (AvgIpc) is 3.07. The SMILES string of the molecule is C1CO[C@]2(C1)CC[C@]1(CCCO1)[C@@]1(CCCO1)C2. The first-order valence-electron chi connectivity index (χ1n) is 7.70. The number of ether oxygens (including phenoxy) is 3. The predicted octanol–water partition coefficient (Wildman–Crippen LogP) is 2.82. The molecule has 4 fully saturated rings. The fourth-order valence-corrected chi connectivity index (χ4v) is 4.97. The van der Waals surface area contributed by atoms with Gasteiger partial charge in [0.25, 0.3) is 0 Å². The summed E-state index contributed by atoms with van der Waals surface area (Å²) < 4.78 is 18.7. The van der Waals surface area contributed by atoms with Crippen LogP contribution in [-0.2, 0) is 14.2 Å². The first-order valence-corrected chi connectivity index (χ1v) is 7.70. The van der Waals surface area contributed by atoms with Crippen LogP contribution in [0.1, 0.15) is 57.8 Å². The van der Waals surface area contributed by atoms with Gasteiger partial charge in [-0.3, -0.25) is 0 Å². The first-order chi connectivity index (χ1) is 8.79. The molecule has 3 aliphatic heterocycles. The lowest BCUT2D eigenvalue weighted by atomic mass is 9.63. The lowest BCUT2D eigenvalue weighted by molar-refractivity contribution is -0.227. The van der Waals surface area contributed by atoms with Gasteiger partial charge in [0, 0.05) is 26.2 Å². The van der Waals surface area contributed by atoms with Crippen molar-refractivity contribution in [1.29, 1.82) is 0 Å². The zero-order valence-electron chi connectivity index (χ0n) is 11.2. The topological polar surface area (TPSA) is 27.7 Å². The van der Waals surface area contributed by atoms with E-state index >= 15 is 0 Å². The van der Waals surface area contributed by atoms with E-state index in [1.807, 2.05) is 0 Å². The molecule has 1 aliphatic carbocycles. The van der Waals surface area contributed by atoms with Gasteiger partial charge in [0.15, 0.2) is 0 Å². The molecule has 3 nitrogen and oxygen atoms in total. The molecule has 0 amide bonds. The lowest BCUT2D eigenvalue weighted by Crippen LogP contribution is -2.61. The van der Waals surface area contributed by atoms with E-state index in [4.69, 9.17) is 14.2 Å². The molecule has 4 rings (SSSR count). The van der Waals surface area contributed by atoms with Crippen LogP contribution in [0.15, 0.2) is 0 Å². The predicted molar refractivity (Wildman–Crippen MR) is 67.6 cm³/mol. The van der Waals surface area contributed by atoms with Gasteiger partial charge in [0.05, 0.1) is 16.8 Å². The maximum absolute atomic E-state index is 6.30. The highest BCUT2D eigenvalue weighted by molar-refractivity contribution is 5.14. The Labute approximate surface area is 109 Å². The second-order valence-corrected chi connectivity index (χ2v) is 6.70. The van der Waals surface area contributed by atoms with Gasteiger partial charge < -0.3 is 14.2 Å². The Morgan fingerprint density at radius 1 is 0.556 bits per heavy atom. The minimum atomic E-state index is -0.0217. The van der Waals surface area contributed by atoms with Gasteiger partial charge in [-0.2, -0.15) is 0 Å². The molecule has 18 heavy (non-hydrogen) atoms. The van der Waals surface area contributed by atoms with Crippen molar-refractivity contribution in [1.82, 2.24) is 0 Å². The number of hydrogen-bond acceptors (Lipinski definition) is 3. The largest absolute Gasteiger partial charge is 0.375 e. The molecule has 3 saturated heterocycles. The van der Waals surface area contributed by atoms with Gasteiger partial charge in [-0.15, -0.1) is 0 Å². The van der Waals surface area contributed by atoms with Crippen molar-refractivity contribution in [2.75, 3.05) is 19.8 Å². The number of fused-ring (bicyclic) bond motifs is 1. The van der Waals surface area contributed by atoms with Crippen molar-refractivity contribution < 1.29 is 14.2 Å². The smallest absolute Gasteiger partial charge is 0.0999 e. The second-order valence-electron chi connectivity index (χ2n) is 6.70. The summed E-state index contributed by atoms with van der Waals surface area (Å²) in [4.78, 5) is 0. The average molecular weight is 252 g/mol. The molecule has 1 saturated carbocycles. The van der Waals surface area contributed by atoms with E-state index in [-0.39, 0.29) is 16.8 Å². The Balaban J connectivity index is 1.67. The molecule has 4 aliphatic rings.